The van der Waals surface area contributed by atoms with Gasteiger partial charge in [0.05, 0.1) is 5.56 Å². The Morgan fingerprint density at radius 3 is 2.18 bits per heavy atom. The third-order valence-electron chi connectivity index (χ3n) is 2.73. The maximum Gasteiger partial charge on any atom is 0.335 e. The minimum atomic E-state index is -0.912. The van der Waals surface area contributed by atoms with Crippen molar-refractivity contribution in [3.05, 3.63) is 48.0 Å². The zero-order chi connectivity index (χ0) is 12.4. The number of carbonyl (C=O) groups is 1. The molecule has 4 heteroatoms. The molecule has 0 radical (unpaired) electrons. The van der Waals surface area contributed by atoms with Crippen LogP contribution in [0.4, 0.5) is 5.69 Å². The highest BCUT2D eigenvalue weighted by atomic mass is 16.4. The van der Waals surface area contributed by atoms with E-state index in [0.717, 1.165) is 22.3 Å². The van der Waals surface area contributed by atoms with Crippen molar-refractivity contribution in [3.63, 3.8) is 0 Å². The van der Waals surface area contributed by atoms with Crippen LogP contribution in [0.25, 0.3) is 11.1 Å². The molecule has 17 heavy (non-hydrogen) atoms. The van der Waals surface area contributed by atoms with Crippen molar-refractivity contribution in [1.29, 1.82) is 0 Å². The summed E-state index contributed by atoms with van der Waals surface area (Å²) >= 11 is 0. The average molecular weight is 225 g/mol. The van der Waals surface area contributed by atoms with Gasteiger partial charge in [-0.3, -0.25) is 0 Å². The normalized spacial score (nSPS) is 10.1. The summed E-state index contributed by atoms with van der Waals surface area (Å²) in [6, 6.07) is 12.6. The lowest BCUT2D eigenvalue weighted by molar-refractivity contribution is 0.0697. The lowest BCUT2D eigenvalue weighted by Gasteiger charge is -2.06. The number of nitrogen functional groups attached to an aromatic ring is 1. The van der Waals surface area contributed by atoms with Gasteiger partial charge >= 0.3 is 5.97 Å². The molecule has 0 saturated carbocycles. The second-order valence-electron chi connectivity index (χ2n) is 3.95. The number of nitrogens with two attached hydrogens (primary N) is 1. The molecule has 0 heterocycles. The molecule has 2 rings (SSSR count). The highest BCUT2D eigenvalue weighted by molar-refractivity contribution is 6.36. The summed E-state index contributed by atoms with van der Waals surface area (Å²) in [5.41, 5.74) is 9.84. The molecule has 0 aromatic heterocycles. The van der Waals surface area contributed by atoms with E-state index in [0.29, 0.717) is 5.56 Å². The molecule has 0 saturated heterocycles. The first-order valence-electron chi connectivity index (χ1n) is 5.28. The van der Waals surface area contributed by atoms with Crippen molar-refractivity contribution in [2.24, 2.45) is 0 Å². The van der Waals surface area contributed by atoms with Crippen molar-refractivity contribution < 1.29 is 9.90 Å². The molecule has 0 aliphatic rings. The first-order chi connectivity index (χ1) is 8.08. The second-order valence-corrected chi connectivity index (χ2v) is 3.95. The maximum atomic E-state index is 10.7. The molecule has 0 spiro atoms. The summed E-state index contributed by atoms with van der Waals surface area (Å²) in [6.45, 7) is 0. The molecule has 2 aromatic rings. The Hall–Kier alpha value is -2.23. The summed E-state index contributed by atoms with van der Waals surface area (Å²) in [5.74, 6) is -0.912. The van der Waals surface area contributed by atoms with E-state index in [9.17, 15) is 4.79 Å². The molecular weight excluding hydrogens is 213 g/mol. The highest BCUT2D eigenvalue weighted by Crippen LogP contribution is 2.19. The van der Waals surface area contributed by atoms with Crippen LogP contribution in [-0.4, -0.2) is 18.9 Å². The Bertz CT molecular complexity index is 564. The van der Waals surface area contributed by atoms with E-state index < -0.39 is 5.97 Å². The molecule has 0 aliphatic carbocycles. The van der Waals surface area contributed by atoms with Crippen molar-refractivity contribution in [2.45, 2.75) is 0 Å². The fourth-order valence-corrected chi connectivity index (χ4v) is 1.66. The van der Waals surface area contributed by atoms with Crippen LogP contribution < -0.4 is 11.2 Å². The van der Waals surface area contributed by atoms with Crippen LogP contribution in [-0.2, 0) is 0 Å². The van der Waals surface area contributed by atoms with Crippen molar-refractivity contribution in [3.8, 4) is 11.1 Å². The Kier molecular flexibility index (Phi) is 2.87. The van der Waals surface area contributed by atoms with Crippen LogP contribution in [0.2, 0.25) is 0 Å². The summed E-state index contributed by atoms with van der Waals surface area (Å²) in [6.07, 6.45) is 0. The SMILES string of the molecule is Bc1cc(-c2ccc(C(=O)O)cc2)ccc1N. The van der Waals surface area contributed by atoms with E-state index in [1.54, 1.807) is 24.3 Å². The van der Waals surface area contributed by atoms with Crippen LogP contribution in [0, 0.1) is 0 Å². The Morgan fingerprint density at radius 2 is 1.65 bits per heavy atom. The fourth-order valence-electron chi connectivity index (χ4n) is 1.66. The Balaban J connectivity index is 2.39. The fraction of sp³-hybridized carbons (Fsp3) is 0. The van der Waals surface area contributed by atoms with Gasteiger partial charge in [-0.25, -0.2) is 4.79 Å². The molecule has 3 nitrogen and oxygen atoms in total. The molecule has 0 amide bonds. The van der Waals surface area contributed by atoms with Gasteiger partial charge in [-0.2, -0.15) is 0 Å². The zero-order valence-electron chi connectivity index (χ0n) is 9.47. The summed E-state index contributed by atoms with van der Waals surface area (Å²) < 4.78 is 0. The predicted octanol–water partition coefficient (Wildman–Crippen LogP) is 0.892. The van der Waals surface area contributed by atoms with Crippen LogP contribution in [0.3, 0.4) is 0 Å². The molecule has 0 atom stereocenters. The van der Waals surface area contributed by atoms with E-state index in [-0.39, 0.29) is 0 Å². The van der Waals surface area contributed by atoms with Gasteiger partial charge < -0.3 is 10.8 Å². The quantitative estimate of drug-likeness (QED) is 0.589. The van der Waals surface area contributed by atoms with Crippen molar-refractivity contribution >= 4 is 25.0 Å². The van der Waals surface area contributed by atoms with E-state index >= 15 is 0 Å². The number of hydrogen-bond acceptors (Lipinski definition) is 2. The first-order valence-corrected chi connectivity index (χ1v) is 5.28. The van der Waals surface area contributed by atoms with Crippen LogP contribution in [0.5, 0.6) is 0 Å². The van der Waals surface area contributed by atoms with Gasteiger partial charge in [0.2, 0.25) is 0 Å². The molecule has 2 aromatic carbocycles. The minimum absolute atomic E-state index is 0.293. The topological polar surface area (TPSA) is 63.3 Å². The largest absolute Gasteiger partial charge is 0.478 e. The van der Waals surface area contributed by atoms with Gasteiger partial charge in [0.25, 0.3) is 0 Å². The molecule has 0 bridgehead atoms. The second kappa shape index (κ2) is 4.33. The third kappa shape index (κ3) is 2.31. The molecular formula is C13H12BNO2. The lowest BCUT2D eigenvalue weighted by atomic mass is 9.90. The third-order valence-corrected chi connectivity index (χ3v) is 2.73. The van der Waals surface area contributed by atoms with Crippen molar-refractivity contribution in [1.82, 2.24) is 0 Å². The van der Waals surface area contributed by atoms with E-state index in [1.807, 2.05) is 26.0 Å². The number of carboxylic acids is 1. The van der Waals surface area contributed by atoms with Gasteiger partial charge in [0.15, 0.2) is 0 Å². The van der Waals surface area contributed by atoms with Crippen LogP contribution in [0.15, 0.2) is 42.5 Å². The summed E-state index contributed by atoms with van der Waals surface area (Å²) in [5, 5.41) is 8.81. The zero-order valence-corrected chi connectivity index (χ0v) is 9.47. The maximum absolute atomic E-state index is 10.7. The van der Waals surface area contributed by atoms with Gasteiger partial charge in [0, 0.05) is 5.69 Å². The number of anilines is 1. The van der Waals surface area contributed by atoms with Gasteiger partial charge in [-0.1, -0.05) is 29.7 Å². The monoisotopic (exact) mass is 225 g/mol. The molecule has 0 unspecified atom stereocenters. The van der Waals surface area contributed by atoms with Gasteiger partial charge in [-0.15, -0.1) is 0 Å². The minimum Gasteiger partial charge on any atom is -0.478 e. The molecule has 0 aliphatic heterocycles. The number of carboxylic acid groups (broad SMARTS) is 1. The van der Waals surface area contributed by atoms with E-state index in [4.69, 9.17) is 10.8 Å². The Morgan fingerprint density at radius 1 is 1.06 bits per heavy atom. The lowest BCUT2D eigenvalue weighted by Crippen LogP contribution is -2.09. The number of rotatable bonds is 2. The molecule has 0 fully saturated rings. The smallest absolute Gasteiger partial charge is 0.335 e. The number of benzene rings is 2. The van der Waals surface area contributed by atoms with E-state index in [1.165, 1.54) is 0 Å². The summed E-state index contributed by atoms with van der Waals surface area (Å²) in [4.78, 5) is 10.7. The number of aromatic carboxylic acids is 1. The average Bonchev–Trinajstić information content (AvgIpc) is 2.33. The highest BCUT2D eigenvalue weighted by Gasteiger charge is 2.03. The standard InChI is InChI=1S/C13H12BNO2/c14-11-7-10(5-6-12(11)15)8-1-3-9(4-2-8)13(16)17/h1-7H,14-15H2,(H,16,17). The predicted molar refractivity (Wildman–Crippen MR) is 71.4 cm³/mol. The molecule has 84 valence electrons. The summed E-state index contributed by atoms with van der Waals surface area (Å²) in [7, 11) is 1.95. The van der Waals surface area contributed by atoms with Crippen LogP contribution >= 0.6 is 0 Å². The Labute approximate surface area is 100 Å². The number of hydrogen-bond donors (Lipinski definition) is 2. The van der Waals surface area contributed by atoms with Gasteiger partial charge in [-0.05, 0) is 29.3 Å². The van der Waals surface area contributed by atoms with Crippen molar-refractivity contribution in [2.75, 3.05) is 5.73 Å². The first kappa shape index (κ1) is 11.3. The van der Waals surface area contributed by atoms with E-state index in [2.05, 4.69) is 0 Å². The van der Waals surface area contributed by atoms with Gasteiger partial charge in [0.1, 0.15) is 7.85 Å². The van der Waals surface area contributed by atoms with Crippen LogP contribution in [0.1, 0.15) is 10.4 Å². The molecule has 3 N–H and O–H groups in total.